The van der Waals surface area contributed by atoms with E-state index in [-0.39, 0.29) is 16.9 Å². The number of carbonyl (C=O) groups excluding carboxylic acids is 1. The van der Waals surface area contributed by atoms with Crippen molar-refractivity contribution in [2.24, 2.45) is 0 Å². The monoisotopic (exact) mass is 271 g/mol. The van der Waals surface area contributed by atoms with Gasteiger partial charge in [-0.1, -0.05) is 18.2 Å². The molecule has 0 atom stereocenters. The summed E-state index contributed by atoms with van der Waals surface area (Å²) in [6, 6.07) is 12.2. The van der Waals surface area contributed by atoms with Crippen LogP contribution in [0.1, 0.15) is 20.7 Å². The van der Waals surface area contributed by atoms with Crippen LogP contribution < -0.4 is 4.90 Å². The third kappa shape index (κ3) is 2.61. The average molecular weight is 271 g/mol. The standard InChI is InChI=1S/C15H13NO4/c1-16(10-5-4-6-11(17)9-10)14(18)12-7-2-3-8-13(12)15(19)20/h2-9,17H,1H3,(H,19,20). The van der Waals surface area contributed by atoms with Gasteiger partial charge < -0.3 is 15.1 Å². The van der Waals surface area contributed by atoms with E-state index >= 15 is 0 Å². The number of carboxylic acids is 1. The molecule has 0 aliphatic heterocycles. The van der Waals surface area contributed by atoms with Crippen LogP contribution >= 0.6 is 0 Å². The van der Waals surface area contributed by atoms with Crippen LogP contribution in [0.2, 0.25) is 0 Å². The number of aromatic carboxylic acids is 1. The van der Waals surface area contributed by atoms with Crippen LogP contribution in [-0.4, -0.2) is 29.1 Å². The summed E-state index contributed by atoms with van der Waals surface area (Å²) in [5.41, 5.74) is 0.533. The van der Waals surface area contributed by atoms with Crippen LogP contribution in [0, 0.1) is 0 Å². The first-order valence-corrected chi connectivity index (χ1v) is 5.90. The molecule has 0 heterocycles. The topological polar surface area (TPSA) is 77.8 Å². The van der Waals surface area contributed by atoms with Crippen LogP contribution in [0.25, 0.3) is 0 Å². The van der Waals surface area contributed by atoms with Crippen molar-refractivity contribution in [3.8, 4) is 5.75 Å². The van der Waals surface area contributed by atoms with Crippen molar-refractivity contribution < 1.29 is 19.8 Å². The molecule has 0 aliphatic rings. The molecule has 0 aromatic heterocycles. The van der Waals surface area contributed by atoms with E-state index in [1.165, 1.54) is 36.2 Å². The number of amides is 1. The van der Waals surface area contributed by atoms with E-state index in [4.69, 9.17) is 5.11 Å². The van der Waals surface area contributed by atoms with Gasteiger partial charge in [-0.3, -0.25) is 4.79 Å². The Bertz CT molecular complexity index is 666. The lowest BCUT2D eigenvalue weighted by Crippen LogP contribution is -2.27. The molecule has 5 heteroatoms. The van der Waals surface area contributed by atoms with Crippen LogP contribution in [0.5, 0.6) is 5.75 Å². The molecular formula is C15H13NO4. The molecule has 0 bridgehead atoms. The second-order valence-corrected chi connectivity index (χ2v) is 4.23. The summed E-state index contributed by atoms with van der Waals surface area (Å²) in [6.07, 6.45) is 0. The zero-order valence-electron chi connectivity index (χ0n) is 10.8. The van der Waals surface area contributed by atoms with Gasteiger partial charge in [0.15, 0.2) is 0 Å². The van der Waals surface area contributed by atoms with Gasteiger partial charge in [0.25, 0.3) is 5.91 Å². The number of hydrogen-bond acceptors (Lipinski definition) is 3. The van der Waals surface area contributed by atoms with Crippen LogP contribution in [0.4, 0.5) is 5.69 Å². The van der Waals surface area contributed by atoms with Crippen molar-refractivity contribution in [3.05, 3.63) is 59.7 Å². The summed E-state index contributed by atoms with van der Waals surface area (Å²) in [7, 11) is 1.52. The SMILES string of the molecule is CN(C(=O)c1ccccc1C(=O)O)c1cccc(O)c1. The van der Waals surface area contributed by atoms with Crippen molar-refractivity contribution in [3.63, 3.8) is 0 Å². The van der Waals surface area contributed by atoms with Crippen LogP contribution in [0.3, 0.4) is 0 Å². The first kappa shape index (κ1) is 13.6. The Morgan fingerprint density at radius 2 is 1.65 bits per heavy atom. The first-order chi connectivity index (χ1) is 9.50. The number of phenols is 1. The summed E-state index contributed by atoms with van der Waals surface area (Å²) in [6.45, 7) is 0. The largest absolute Gasteiger partial charge is 0.508 e. The fourth-order valence-electron chi connectivity index (χ4n) is 1.86. The van der Waals surface area contributed by atoms with E-state index in [2.05, 4.69) is 0 Å². The van der Waals surface area contributed by atoms with E-state index in [0.29, 0.717) is 5.69 Å². The van der Waals surface area contributed by atoms with E-state index in [0.717, 1.165) is 0 Å². The molecule has 2 rings (SSSR count). The molecule has 20 heavy (non-hydrogen) atoms. The molecule has 2 N–H and O–H groups in total. The van der Waals surface area contributed by atoms with Gasteiger partial charge in [-0.15, -0.1) is 0 Å². The summed E-state index contributed by atoms with van der Waals surface area (Å²) < 4.78 is 0. The van der Waals surface area contributed by atoms with Crippen molar-refractivity contribution >= 4 is 17.6 Å². The van der Waals surface area contributed by atoms with Crippen molar-refractivity contribution in [1.82, 2.24) is 0 Å². The predicted molar refractivity (Wildman–Crippen MR) is 74.2 cm³/mol. The van der Waals surface area contributed by atoms with Gasteiger partial charge in [0, 0.05) is 18.8 Å². The van der Waals surface area contributed by atoms with Crippen molar-refractivity contribution in [2.45, 2.75) is 0 Å². The molecule has 0 saturated heterocycles. The molecule has 0 spiro atoms. The number of hydrogen-bond donors (Lipinski definition) is 2. The van der Waals surface area contributed by atoms with Crippen molar-refractivity contribution in [2.75, 3.05) is 11.9 Å². The quantitative estimate of drug-likeness (QED) is 0.898. The highest BCUT2D eigenvalue weighted by Gasteiger charge is 2.20. The number of carbonyl (C=O) groups is 2. The lowest BCUT2D eigenvalue weighted by atomic mass is 10.1. The van der Waals surface area contributed by atoms with Crippen molar-refractivity contribution in [1.29, 1.82) is 0 Å². The Labute approximate surface area is 115 Å². The molecule has 0 aliphatic carbocycles. The predicted octanol–water partition coefficient (Wildman–Crippen LogP) is 2.37. The van der Waals surface area contributed by atoms with Gasteiger partial charge in [-0.25, -0.2) is 4.79 Å². The number of nitrogens with zero attached hydrogens (tertiary/aromatic N) is 1. The summed E-state index contributed by atoms with van der Waals surface area (Å²) >= 11 is 0. The van der Waals surface area contributed by atoms with Gasteiger partial charge in [0.1, 0.15) is 5.75 Å². The van der Waals surface area contributed by atoms with Crippen LogP contribution in [0.15, 0.2) is 48.5 Å². The lowest BCUT2D eigenvalue weighted by Gasteiger charge is -2.18. The van der Waals surface area contributed by atoms with E-state index < -0.39 is 11.9 Å². The number of rotatable bonds is 3. The maximum atomic E-state index is 12.4. The number of anilines is 1. The molecule has 0 radical (unpaired) electrons. The Morgan fingerprint density at radius 1 is 1.00 bits per heavy atom. The third-order valence-electron chi connectivity index (χ3n) is 2.91. The van der Waals surface area contributed by atoms with E-state index in [1.54, 1.807) is 24.3 Å². The first-order valence-electron chi connectivity index (χ1n) is 5.90. The molecule has 0 fully saturated rings. The van der Waals surface area contributed by atoms with Gasteiger partial charge in [0.2, 0.25) is 0 Å². The molecule has 2 aromatic rings. The minimum absolute atomic E-state index is 0.0358. The van der Waals surface area contributed by atoms with Gasteiger partial charge in [-0.05, 0) is 24.3 Å². The summed E-state index contributed by atoms with van der Waals surface area (Å²) in [5, 5.41) is 18.5. The maximum Gasteiger partial charge on any atom is 0.336 e. The van der Waals surface area contributed by atoms with Gasteiger partial charge >= 0.3 is 5.97 Å². The Kier molecular flexibility index (Phi) is 3.70. The highest BCUT2D eigenvalue weighted by Crippen LogP contribution is 2.21. The average Bonchev–Trinajstić information content (AvgIpc) is 2.45. The molecule has 0 saturated carbocycles. The number of phenolic OH excluding ortho intramolecular Hbond substituents is 1. The van der Waals surface area contributed by atoms with Gasteiger partial charge in [-0.2, -0.15) is 0 Å². The highest BCUT2D eigenvalue weighted by atomic mass is 16.4. The Morgan fingerprint density at radius 3 is 2.25 bits per heavy atom. The Hall–Kier alpha value is -2.82. The Balaban J connectivity index is 2.39. The van der Waals surface area contributed by atoms with Gasteiger partial charge in [0.05, 0.1) is 11.1 Å². The second kappa shape index (κ2) is 5.44. The second-order valence-electron chi connectivity index (χ2n) is 4.23. The lowest BCUT2D eigenvalue weighted by molar-refractivity contribution is 0.0692. The number of carboxylic acid groups (broad SMARTS) is 1. The fraction of sp³-hybridized carbons (Fsp3) is 0.0667. The third-order valence-corrected chi connectivity index (χ3v) is 2.91. The number of aromatic hydroxyl groups is 1. The fourth-order valence-corrected chi connectivity index (χ4v) is 1.86. The van der Waals surface area contributed by atoms with E-state index in [1.807, 2.05) is 0 Å². The molecular weight excluding hydrogens is 258 g/mol. The summed E-state index contributed by atoms with van der Waals surface area (Å²) in [5.74, 6) is -1.57. The molecule has 5 nitrogen and oxygen atoms in total. The minimum Gasteiger partial charge on any atom is -0.508 e. The van der Waals surface area contributed by atoms with Crippen LogP contribution in [-0.2, 0) is 0 Å². The summed E-state index contributed by atoms with van der Waals surface area (Å²) in [4.78, 5) is 24.8. The normalized spacial score (nSPS) is 10.1. The molecule has 0 unspecified atom stereocenters. The molecule has 2 aromatic carbocycles. The van der Waals surface area contributed by atoms with E-state index in [9.17, 15) is 14.7 Å². The molecule has 102 valence electrons. The smallest absolute Gasteiger partial charge is 0.336 e. The maximum absolute atomic E-state index is 12.4. The zero-order valence-corrected chi connectivity index (χ0v) is 10.8. The highest BCUT2D eigenvalue weighted by molar-refractivity contribution is 6.11. The zero-order chi connectivity index (χ0) is 14.7. The molecule has 1 amide bonds. The minimum atomic E-state index is -1.15. The number of benzene rings is 2.